The first-order valence-corrected chi connectivity index (χ1v) is 7.13. The number of ether oxygens (including phenoxy) is 2. The molecule has 0 unspecified atom stereocenters. The highest BCUT2D eigenvalue weighted by Crippen LogP contribution is 2.33. The molecule has 2 fully saturated rings. The second kappa shape index (κ2) is 4.96. The van der Waals surface area contributed by atoms with Gasteiger partial charge in [-0.25, -0.2) is 4.98 Å². The Hall–Kier alpha value is -0.360. The fourth-order valence-corrected chi connectivity index (χ4v) is 3.38. The molecule has 0 N–H and O–H groups in total. The normalized spacial score (nSPS) is 28.0. The molecular weight excluding hydrogens is 320 g/mol. The second-order valence-corrected chi connectivity index (χ2v) is 6.01. The van der Waals surface area contributed by atoms with E-state index in [0.29, 0.717) is 18.2 Å². The number of pyridine rings is 1. The fourth-order valence-electron chi connectivity index (χ4n) is 2.49. The summed E-state index contributed by atoms with van der Waals surface area (Å²) in [6.07, 6.45) is 2.63. The summed E-state index contributed by atoms with van der Waals surface area (Å²) < 4.78 is 12.3. The number of nitrogens with zero attached hydrogens (tertiary/aromatic N) is 2. The topological polar surface area (TPSA) is 34.6 Å². The van der Waals surface area contributed by atoms with Gasteiger partial charge in [0.2, 0.25) is 0 Å². The summed E-state index contributed by atoms with van der Waals surface area (Å²) in [5, 5.41) is 0.637. The first-order valence-electron chi connectivity index (χ1n) is 5.96. The van der Waals surface area contributed by atoms with Crippen molar-refractivity contribution in [2.24, 2.45) is 0 Å². The van der Waals surface area contributed by atoms with Gasteiger partial charge in [-0.3, -0.25) is 0 Å². The third kappa shape index (κ3) is 2.37. The predicted molar refractivity (Wildman–Crippen MR) is 73.3 cm³/mol. The summed E-state index contributed by atoms with van der Waals surface area (Å²) in [7, 11) is 0. The van der Waals surface area contributed by atoms with Crippen molar-refractivity contribution in [3.05, 3.63) is 21.8 Å². The maximum Gasteiger partial charge on any atom is 0.143 e. The van der Waals surface area contributed by atoms with E-state index in [1.165, 1.54) is 0 Å². The first kappa shape index (κ1) is 12.7. The van der Waals surface area contributed by atoms with Gasteiger partial charge in [0.1, 0.15) is 11.4 Å². The molecule has 98 valence electrons. The van der Waals surface area contributed by atoms with Crippen molar-refractivity contribution in [2.75, 3.05) is 37.8 Å². The standard InChI is InChI=1S/C12H14BrClN2O2/c13-10-5-9(14)6-15-11(10)16-2-4-18-12(7-16)1-3-17-8-12/h5-6H,1-4,7-8H2/t12-/m0/s1. The summed E-state index contributed by atoms with van der Waals surface area (Å²) >= 11 is 9.44. The molecule has 2 aliphatic heterocycles. The Morgan fingerprint density at radius 3 is 3.06 bits per heavy atom. The molecule has 2 saturated heterocycles. The lowest BCUT2D eigenvalue weighted by atomic mass is 10.0. The molecule has 1 atom stereocenters. The molecule has 1 aromatic heterocycles. The molecule has 4 nitrogen and oxygen atoms in total. The highest BCUT2D eigenvalue weighted by Gasteiger charge is 2.41. The van der Waals surface area contributed by atoms with Crippen LogP contribution in [0.5, 0.6) is 0 Å². The Morgan fingerprint density at radius 2 is 2.33 bits per heavy atom. The molecule has 2 aliphatic rings. The molecule has 1 aromatic rings. The molecule has 3 rings (SSSR count). The van der Waals surface area contributed by atoms with E-state index in [-0.39, 0.29) is 5.60 Å². The zero-order valence-electron chi connectivity index (χ0n) is 9.86. The van der Waals surface area contributed by atoms with Gasteiger partial charge in [0.15, 0.2) is 0 Å². The SMILES string of the molecule is Clc1cnc(N2CCO[C@@]3(CCOC3)C2)c(Br)c1. The van der Waals surface area contributed by atoms with E-state index in [1.54, 1.807) is 6.20 Å². The van der Waals surface area contributed by atoms with Crippen LogP contribution in [0, 0.1) is 0 Å². The Labute approximate surface area is 119 Å². The van der Waals surface area contributed by atoms with Crippen LogP contribution in [0.2, 0.25) is 5.02 Å². The largest absolute Gasteiger partial charge is 0.378 e. The summed E-state index contributed by atoms with van der Waals surface area (Å²) in [6.45, 7) is 3.83. The molecule has 0 radical (unpaired) electrons. The van der Waals surface area contributed by atoms with Crippen LogP contribution in [0.1, 0.15) is 6.42 Å². The van der Waals surface area contributed by atoms with E-state index >= 15 is 0 Å². The van der Waals surface area contributed by atoms with Crippen LogP contribution >= 0.6 is 27.5 Å². The average molecular weight is 334 g/mol. The molecule has 0 amide bonds. The van der Waals surface area contributed by atoms with Crippen molar-refractivity contribution in [1.29, 1.82) is 0 Å². The lowest BCUT2D eigenvalue weighted by molar-refractivity contribution is -0.0581. The Balaban J connectivity index is 1.83. The molecular formula is C12H14BrClN2O2. The lowest BCUT2D eigenvalue weighted by Crippen LogP contribution is -2.52. The minimum absolute atomic E-state index is 0.154. The van der Waals surface area contributed by atoms with Crippen LogP contribution in [0.4, 0.5) is 5.82 Å². The van der Waals surface area contributed by atoms with E-state index in [4.69, 9.17) is 21.1 Å². The van der Waals surface area contributed by atoms with Crippen molar-refractivity contribution in [3.63, 3.8) is 0 Å². The van der Waals surface area contributed by atoms with Gasteiger partial charge in [-0.15, -0.1) is 0 Å². The van der Waals surface area contributed by atoms with Gasteiger partial charge in [0.05, 0.1) is 29.3 Å². The Morgan fingerprint density at radius 1 is 1.44 bits per heavy atom. The number of hydrogen-bond acceptors (Lipinski definition) is 4. The smallest absolute Gasteiger partial charge is 0.143 e. The molecule has 1 spiro atoms. The van der Waals surface area contributed by atoms with Crippen LogP contribution in [-0.2, 0) is 9.47 Å². The highest BCUT2D eigenvalue weighted by molar-refractivity contribution is 9.10. The van der Waals surface area contributed by atoms with E-state index in [9.17, 15) is 0 Å². The third-order valence-electron chi connectivity index (χ3n) is 3.40. The Bertz CT molecular complexity index is 452. The van der Waals surface area contributed by atoms with E-state index < -0.39 is 0 Å². The quantitative estimate of drug-likeness (QED) is 0.791. The van der Waals surface area contributed by atoms with Crippen molar-refractivity contribution in [1.82, 2.24) is 4.98 Å². The number of anilines is 1. The minimum atomic E-state index is -0.154. The molecule has 18 heavy (non-hydrogen) atoms. The van der Waals surface area contributed by atoms with Gasteiger partial charge in [0, 0.05) is 25.8 Å². The van der Waals surface area contributed by atoms with Crippen LogP contribution in [0.25, 0.3) is 0 Å². The van der Waals surface area contributed by atoms with Crippen molar-refractivity contribution < 1.29 is 9.47 Å². The number of hydrogen-bond donors (Lipinski definition) is 0. The molecule has 0 bridgehead atoms. The van der Waals surface area contributed by atoms with Crippen molar-refractivity contribution in [2.45, 2.75) is 12.0 Å². The van der Waals surface area contributed by atoms with Crippen LogP contribution < -0.4 is 4.90 Å². The Kier molecular flexibility index (Phi) is 3.49. The van der Waals surface area contributed by atoms with E-state index in [0.717, 1.165) is 36.4 Å². The van der Waals surface area contributed by atoms with Crippen molar-refractivity contribution >= 4 is 33.3 Å². The second-order valence-electron chi connectivity index (χ2n) is 4.71. The fraction of sp³-hybridized carbons (Fsp3) is 0.583. The summed E-state index contributed by atoms with van der Waals surface area (Å²) in [6, 6.07) is 1.87. The average Bonchev–Trinajstić information content (AvgIpc) is 2.77. The number of rotatable bonds is 1. The lowest BCUT2D eigenvalue weighted by Gasteiger charge is -2.40. The van der Waals surface area contributed by atoms with Gasteiger partial charge >= 0.3 is 0 Å². The number of halogens is 2. The summed E-state index contributed by atoms with van der Waals surface area (Å²) in [5.74, 6) is 0.925. The van der Waals surface area contributed by atoms with Gasteiger partial charge in [-0.05, 0) is 22.0 Å². The summed E-state index contributed by atoms with van der Waals surface area (Å²) in [4.78, 5) is 6.64. The first-order chi connectivity index (χ1) is 8.69. The number of aromatic nitrogens is 1. The van der Waals surface area contributed by atoms with E-state index in [2.05, 4.69) is 25.8 Å². The maximum absolute atomic E-state index is 5.92. The van der Waals surface area contributed by atoms with Crippen LogP contribution in [-0.4, -0.2) is 43.5 Å². The highest BCUT2D eigenvalue weighted by atomic mass is 79.9. The van der Waals surface area contributed by atoms with Gasteiger partial charge in [-0.1, -0.05) is 11.6 Å². The minimum Gasteiger partial charge on any atom is -0.378 e. The summed E-state index contributed by atoms with van der Waals surface area (Å²) in [5.41, 5.74) is -0.154. The van der Waals surface area contributed by atoms with Gasteiger partial charge in [-0.2, -0.15) is 0 Å². The zero-order valence-corrected chi connectivity index (χ0v) is 12.2. The molecule has 6 heteroatoms. The molecule has 0 saturated carbocycles. The van der Waals surface area contributed by atoms with Crippen LogP contribution in [0.15, 0.2) is 16.7 Å². The third-order valence-corrected chi connectivity index (χ3v) is 4.19. The molecule has 3 heterocycles. The predicted octanol–water partition coefficient (Wildman–Crippen LogP) is 2.49. The van der Waals surface area contributed by atoms with Crippen LogP contribution in [0.3, 0.4) is 0 Å². The van der Waals surface area contributed by atoms with Gasteiger partial charge in [0.25, 0.3) is 0 Å². The molecule has 0 aliphatic carbocycles. The van der Waals surface area contributed by atoms with Crippen molar-refractivity contribution in [3.8, 4) is 0 Å². The zero-order chi connectivity index (χ0) is 12.6. The van der Waals surface area contributed by atoms with E-state index in [1.807, 2.05) is 6.07 Å². The number of morpholine rings is 1. The van der Waals surface area contributed by atoms with Gasteiger partial charge < -0.3 is 14.4 Å². The monoisotopic (exact) mass is 332 g/mol. The molecule has 0 aromatic carbocycles. The maximum atomic E-state index is 5.92.